The zero-order valence-corrected chi connectivity index (χ0v) is 11.6. The second-order valence-electron chi connectivity index (χ2n) is 4.99. The van der Waals surface area contributed by atoms with Gasteiger partial charge in [0.2, 0.25) is 5.91 Å². The molecule has 0 bridgehead atoms. The molecule has 1 aliphatic rings. The summed E-state index contributed by atoms with van der Waals surface area (Å²) in [6.45, 7) is 7.15. The quantitative estimate of drug-likeness (QED) is 0.652. The summed E-state index contributed by atoms with van der Waals surface area (Å²) in [5.74, 6) is 0.357. The Morgan fingerprint density at radius 3 is 2.56 bits per heavy atom. The van der Waals surface area contributed by atoms with E-state index in [9.17, 15) is 9.59 Å². The number of carbonyl (C=O) groups is 2. The molecule has 0 aromatic rings. The van der Waals surface area contributed by atoms with Crippen molar-refractivity contribution in [2.75, 3.05) is 26.2 Å². The molecule has 0 spiro atoms. The summed E-state index contributed by atoms with van der Waals surface area (Å²) in [7, 11) is 0. The number of rotatable bonds is 8. The van der Waals surface area contributed by atoms with Gasteiger partial charge in [-0.05, 0) is 46.1 Å². The van der Waals surface area contributed by atoms with Crippen LogP contribution in [0.5, 0.6) is 0 Å². The van der Waals surface area contributed by atoms with Crippen LogP contribution in [0.3, 0.4) is 0 Å². The molecule has 0 radical (unpaired) electrons. The highest BCUT2D eigenvalue weighted by Crippen LogP contribution is 2.27. The van der Waals surface area contributed by atoms with Crippen LogP contribution < -0.4 is 5.32 Å². The summed E-state index contributed by atoms with van der Waals surface area (Å²) in [5, 5.41) is 3.14. The van der Waals surface area contributed by atoms with Gasteiger partial charge in [-0.3, -0.25) is 9.59 Å². The zero-order valence-electron chi connectivity index (χ0n) is 11.6. The summed E-state index contributed by atoms with van der Waals surface area (Å²) >= 11 is 0. The van der Waals surface area contributed by atoms with Gasteiger partial charge in [0.1, 0.15) is 6.54 Å². The van der Waals surface area contributed by atoms with Crippen molar-refractivity contribution in [1.82, 2.24) is 10.2 Å². The lowest BCUT2D eigenvalue weighted by atomic mass is 10.3. The first-order valence-electron chi connectivity index (χ1n) is 6.70. The number of amides is 1. The number of nitrogens with one attached hydrogen (secondary N) is 1. The summed E-state index contributed by atoms with van der Waals surface area (Å²) in [6.07, 6.45) is 2.52. The molecule has 0 saturated heterocycles. The topological polar surface area (TPSA) is 58.6 Å². The summed E-state index contributed by atoms with van der Waals surface area (Å²) < 4.78 is 4.87. The fourth-order valence-corrected chi connectivity index (χ4v) is 1.71. The lowest BCUT2D eigenvalue weighted by Gasteiger charge is -2.25. The monoisotopic (exact) mass is 256 g/mol. The second-order valence-corrected chi connectivity index (χ2v) is 4.99. The van der Waals surface area contributed by atoms with Crippen LogP contribution in [-0.4, -0.2) is 49.1 Å². The highest BCUT2D eigenvalue weighted by molar-refractivity contribution is 5.83. The van der Waals surface area contributed by atoms with Crippen molar-refractivity contribution in [2.24, 2.45) is 5.92 Å². The molecule has 0 aliphatic heterocycles. The van der Waals surface area contributed by atoms with Gasteiger partial charge in [-0.1, -0.05) is 0 Å². The van der Waals surface area contributed by atoms with E-state index in [0.717, 1.165) is 12.5 Å². The van der Waals surface area contributed by atoms with E-state index >= 15 is 0 Å². The van der Waals surface area contributed by atoms with Crippen LogP contribution in [0.25, 0.3) is 0 Å². The molecule has 1 aliphatic carbocycles. The van der Waals surface area contributed by atoms with E-state index in [0.29, 0.717) is 13.2 Å². The van der Waals surface area contributed by atoms with Crippen LogP contribution in [0, 0.1) is 5.92 Å². The van der Waals surface area contributed by atoms with Crippen molar-refractivity contribution >= 4 is 11.9 Å². The van der Waals surface area contributed by atoms with E-state index in [1.54, 1.807) is 11.8 Å². The Labute approximate surface area is 109 Å². The van der Waals surface area contributed by atoms with E-state index < -0.39 is 0 Å². The van der Waals surface area contributed by atoms with E-state index in [1.165, 1.54) is 12.8 Å². The minimum absolute atomic E-state index is 0.00429. The van der Waals surface area contributed by atoms with Crippen molar-refractivity contribution in [3.8, 4) is 0 Å². The van der Waals surface area contributed by atoms with Gasteiger partial charge >= 0.3 is 5.97 Å². The first-order chi connectivity index (χ1) is 8.54. The Bertz CT molecular complexity index is 288. The van der Waals surface area contributed by atoms with Crippen LogP contribution >= 0.6 is 0 Å². The van der Waals surface area contributed by atoms with Gasteiger partial charge in [0.15, 0.2) is 0 Å². The fraction of sp³-hybridized carbons (Fsp3) is 0.846. The Kier molecular flexibility index (Phi) is 6.12. The SMILES string of the molecule is CCOC(=O)CN(C(=O)CNCC1CC1)C(C)C. The summed E-state index contributed by atoms with van der Waals surface area (Å²) in [5.41, 5.74) is 0. The fourth-order valence-electron chi connectivity index (χ4n) is 1.71. The molecule has 5 nitrogen and oxygen atoms in total. The third-order valence-corrected chi connectivity index (χ3v) is 2.95. The number of ether oxygens (including phenoxy) is 1. The molecular formula is C13H24N2O3. The number of nitrogens with zero attached hydrogens (tertiary/aromatic N) is 1. The molecule has 1 saturated carbocycles. The van der Waals surface area contributed by atoms with Crippen LogP contribution in [0.15, 0.2) is 0 Å². The van der Waals surface area contributed by atoms with Crippen molar-refractivity contribution in [1.29, 1.82) is 0 Å². The van der Waals surface area contributed by atoms with Gasteiger partial charge in [0, 0.05) is 6.04 Å². The second kappa shape index (κ2) is 7.36. The molecule has 0 unspecified atom stereocenters. The van der Waals surface area contributed by atoms with Crippen molar-refractivity contribution in [3.63, 3.8) is 0 Å². The summed E-state index contributed by atoms with van der Waals surface area (Å²) in [6, 6.07) is 0.00429. The van der Waals surface area contributed by atoms with Crippen molar-refractivity contribution in [3.05, 3.63) is 0 Å². The van der Waals surface area contributed by atoms with Crippen molar-refractivity contribution in [2.45, 2.75) is 39.7 Å². The number of esters is 1. The number of carbonyl (C=O) groups excluding carboxylic acids is 2. The molecule has 0 aromatic heterocycles. The molecule has 18 heavy (non-hydrogen) atoms. The largest absolute Gasteiger partial charge is 0.465 e. The lowest BCUT2D eigenvalue weighted by molar-refractivity contribution is -0.149. The maximum atomic E-state index is 12.0. The van der Waals surface area contributed by atoms with Gasteiger partial charge in [-0.25, -0.2) is 0 Å². The highest BCUT2D eigenvalue weighted by atomic mass is 16.5. The molecule has 0 aromatic carbocycles. The maximum Gasteiger partial charge on any atom is 0.325 e. The smallest absolute Gasteiger partial charge is 0.325 e. The average molecular weight is 256 g/mol. The van der Waals surface area contributed by atoms with E-state index in [1.807, 2.05) is 13.8 Å². The van der Waals surface area contributed by atoms with E-state index in [-0.39, 0.29) is 24.5 Å². The minimum Gasteiger partial charge on any atom is -0.465 e. The number of hydrogen-bond donors (Lipinski definition) is 1. The van der Waals surface area contributed by atoms with Gasteiger partial charge in [0.25, 0.3) is 0 Å². The van der Waals surface area contributed by atoms with Crippen LogP contribution in [0.4, 0.5) is 0 Å². The minimum atomic E-state index is -0.346. The normalized spacial score (nSPS) is 14.7. The Hall–Kier alpha value is -1.10. The number of hydrogen-bond acceptors (Lipinski definition) is 4. The van der Waals surface area contributed by atoms with Gasteiger partial charge < -0.3 is 15.0 Å². The first-order valence-corrected chi connectivity index (χ1v) is 6.70. The molecule has 1 amide bonds. The molecule has 1 N–H and O–H groups in total. The van der Waals surface area contributed by atoms with Gasteiger partial charge in [-0.15, -0.1) is 0 Å². The highest BCUT2D eigenvalue weighted by Gasteiger charge is 2.23. The van der Waals surface area contributed by atoms with Crippen LogP contribution in [0.2, 0.25) is 0 Å². The molecule has 1 fully saturated rings. The summed E-state index contributed by atoms with van der Waals surface area (Å²) in [4.78, 5) is 25.0. The first kappa shape index (κ1) is 15.0. The van der Waals surface area contributed by atoms with Gasteiger partial charge in [0.05, 0.1) is 13.2 Å². The van der Waals surface area contributed by atoms with Crippen LogP contribution in [-0.2, 0) is 14.3 Å². The molecule has 0 heterocycles. The van der Waals surface area contributed by atoms with E-state index in [2.05, 4.69) is 5.32 Å². The molecule has 5 heteroatoms. The van der Waals surface area contributed by atoms with E-state index in [4.69, 9.17) is 4.74 Å². The molecular weight excluding hydrogens is 232 g/mol. The average Bonchev–Trinajstić information content (AvgIpc) is 3.09. The standard InChI is InChI=1S/C13H24N2O3/c1-4-18-13(17)9-15(10(2)3)12(16)8-14-7-11-5-6-11/h10-11,14H,4-9H2,1-3H3. The Morgan fingerprint density at radius 1 is 1.39 bits per heavy atom. The lowest BCUT2D eigenvalue weighted by Crippen LogP contribution is -2.45. The van der Waals surface area contributed by atoms with Gasteiger partial charge in [-0.2, -0.15) is 0 Å². The molecule has 0 atom stereocenters. The third kappa shape index (κ3) is 5.49. The maximum absolute atomic E-state index is 12.0. The Balaban J connectivity index is 2.33. The molecule has 104 valence electrons. The zero-order chi connectivity index (χ0) is 13.5. The third-order valence-electron chi connectivity index (χ3n) is 2.95. The Morgan fingerprint density at radius 2 is 2.06 bits per heavy atom. The predicted octanol–water partition coefficient (Wildman–Crippen LogP) is 0.786. The van der Waals surface area contributed by atoms with Crippen molar-refractivity contribution < 1.29 is 14.3 Å². The van der Waals surface area contributed by atoms with Crippen LogP contribution in [0.1, 0.15) is 33.6 Å². The predicted molar refractivity (Wildman–Crippen MR) is 69.1 cm³/mol. The molecule has 1 rings (SSSR count).